The fourth-order valence-electron chi connectivity index (χ4n) is 1.71. The summed E-state index contributed by atoms with van der Waals surface area (Å²) >= 11 is 3.26. The van der Waals surface area contributed by atoms with Gasteiger partial charge in [0.15, 0.2) is 0 Å². The molecule has 1 aromatic rings. The maximum Gasteiger partial charge on any atom is 0.337 e. The number of hydrogen-bond donors (Lipinski definition) is 3. The minimum Gasteiger partial charge on any atom is -0.478 e. The van der Waals surface area contributed by atoms with Crippen LogP contribution in [0.1, 0.15) is 23.7 Å². The monoisotopic (exact) mass is 357 g/mol. The third kappa shape index (κ3) is 6.14. The van der Waals surface area contributed by atoms with Gasteiger partial charge in [-0.05, 0) is 52.2 Å². The van der Waals surface area contributed by atoms with Crippen LogP contribution in [0.3, 0.4) is 0 Å². The smallest absolute Gasteiger partial charge is 0.337 e. The summed E-state index contributed by atoms with van der Waals surface area (Å²) in [7, 11) is 3.93. The van der Waals surface area contributed by atoms with Crippen LogP contribution in [0.25, 0.3) is 0 Å². The molecule has 1 rings (SSSR count). The van der Waals surface area contributed by atoms with Gasteiger partial charge in [0.1, 0.15) is 0 Å². The van der Waals surface area contributed by atoms with Crippen LogP contribution < -0.4 is 10.6 Å². The van der Waals surface area contributed by atoms with E-state index < -0.39 is 12.0 Å². The highest BCUT2D eigenvalue weighted by atomic mass is 79.9. The van der Waals surface area contributed by atoms with Crippen molar-refractivity contribution in [3.05, 3.63) is 28.2 Å². The summed E-state index contributed by atoms with van der Waals surface area (Å²) in [5.41, 5.74) is 0.309. The molecule has 0 bridgehead atoms. The number of carbonyl (C=O) groups excluding carboxylic acids is 1. The number of halogens is 1. The largest absolute Gasteiger partial charge is 0.478 e. The standard InChI is InChI=1S/C14H20BrN3O3/c1-9(6-7-18(2)3)16-14(21)17-12-8-10(15)4-5-11(12)13(19)20/h4-5,8-9H,6-7H2,1-3H3,(H,19,20)(H2,16,17,21). The number of aromatic carboxylic acids is 1. The third-order valence-electron chi connectivity index (χ3n) is 2.85. The van der Waals surface area contributed by atoms with Crippen LogP contribution in [0.15, 0.2) is 22.7 Å². The van der Waals surface area contributed by atoms with Gasteiger partial charge in [-0.15, -0.1) is 0 Å². The second-order valence-corrected chi connectivity index (χ2v) is 6.00. The van der Waals surface area contributed by atoms with Crippen molar-refractivity contribution in [3.8, 4) is 0 Å². The van der Waals surface area contributed by atoms with Crippen molar-refractivity contribution in [2.75, 3.05) is 26.0 Å². The van der Waals surface area contributed by atoms with Gasteiger partial charge >= 0.3 is 12.0 Å². The molecular formula is C14H20BrN3O3. The number of nitrogens with zero attached hydrogens (tertiary/aromatic N) is 1. The highest BCUT2D eigenvalue weighted by molar-refractivity contribution is 9.10. The molecule has 0 spiro atoms. The van der Waals surface area contributed by atoms with Crippen molar-refractivity contribution in [3.63, 3.8) is 0 Å². The molecular weight excluding hydrogens is 338 g/mol. The van der Waals surface area contributed by atoms with Crippen molar-refractivity contribution in [2.24, 2.45) is 0 Å². The maximum atomic E-state index is 11.9. The molecule has 1 atom stereocenters. The summed E-state index contributed by atoms with van der Waals surface area (Å²) in [6.07, 6.45) is 0.810. The van der Waals surface area contributed by atoms with Crippen LogP contribution >= 0.6 is 15.9 Å². The molecule has 3 N–H and O–H groups in total. The quantitative estimate of drug-likeness (QED) is 0.730. The fourth-order valence-corrected chi connectivity index (χ4v) is 2.07. The summed E-state index contributed by atoms with van der Waals surface area (Å²) in [5.74, 6) is -1.08. The van der Waals surface area contributed by atoms with E-state index in [2.05, 4.69) is 26.6 Å². The summed E-state index contributed by atoms with van der Waals surface area (Å²) in [6.45, 7) is 2.76. The molecule has 1 unspecified atom stereocenters. The molecule has 2 amide bonds. The van der Waals surface area contributed by atoms with E-state index in [1.54, 1.807) is 12.1 Å². The lowest BCUT2D eigenvalue weighted by Crippen LogP contribution is -2.38. The Morgan fingerprint density at radius 3 is 2.62 bits per heavy atom. The summed E-state index contributed by atoms with van der Waals surface area (Å²) in [6, 6.07) is 4.20. The lowest BCUT2D eigenvalue weighted by Gasteiger charge is -2.17. The van der Waals surface area contributed by atoms with Gasteiger partial charge in [0.25, 0.3) is 0 Å². The molecule has 0 aliphatic heterocycles. The highest BCUT2D eigenvalue weighted by Gasteiger charge is 2.14. The number of carbonyl (C=O) groups is 2. The Kier molecular flexibility index (Phi) is 6.64. The second kappa shape index (κ2) is 7.99. The van der Waals surface area contributed by atoms with Crippen molar-refractivity contribution >= 4 is 33.6 Å². The van der Waals surface area contributed by atoms with Crippen LogP contribution in [0.4, 0.5) is 10.5 Å². The van der Waals surface area contributed by atoms with E-state index in [1.807, 2.05) is 25.9 Å². The Morgan fingerprint density at radius 1 is 1.38 bits per heavy atom. The summed E-state index contributed by atoms with van der Waals surface area (Å²) in [5, 5.41) is 14.5. The molecule has 1 aromatic carbocycles. The molecule has 0 aliphatic carbocycles. The average Bonchev–Trinajstić information content (AvgIpc) is 2.35. The lowest BCUT2D eigenvalue weighted by atomic mass is 10.2. The zero-order chi connectivity index (χ0) is 16.0. The summed E-state index contributed by atoms with van der Waals surface area (Å²) < 4.78 is 0.698. The van der Waals surface area contributed by atoms with E-state index in [-0.39, 0.29) is 17.3 Å². The van der Waals surface area contributed by atoms with Gasteiger partial charge in [-0.2, -0.15) is 0 Å². The minimum atomic E-state index is -1.08. The first-order valence-electron chi connectivity index (χ1n) is 6.54. The molecule has 21 heavy (non-hydrogen) atoms. The average molecular weight is 358 g/mol. The molecule has 0 saturated heterocycles. The van der Waals surface area contributed by atoms with Gasteiger partial charge in [-0.3, -0.25) is 0 Å². The number of hydrogen-bond acceptors (Lipinski definition) is 3. The SMILES string of the molecule is CC(CCN(C)C)NC(=O)Nc1cc(Br)ccc1C(=O)O. The van der Waals surface area contributed by atoms with E-state index in [9.17, 15) is 9.59 Å². The Bertz CT molecular complexity index is 520. The van der Waals surface area contributed by atoms with E-state index in [1.165, 1.54) is 6.07 Å². The molecule has 0 radical (unpaired) electrons. The topological polar surface area (TPSA) is 81.7 Å². The number of urea groups is 1. The molecule has 116 valence electrons. The van der Waals surface area contributed by atoms with Crippen molar-refractivity contribution in [2.45, 2.75) is 19.4 Å². The molecule has 7 heteroatoms. The number of carboxylic acids is 1. The molecule has 0 aliphatic rings. The van der Waals surface area contributed by atoms with Gasteiger partial charge in [-0.25, -0.2) is 9.59 Å². The zero-order valence-electron chi connectivity index (χ0n) is 12.3. The number of nitrogens with one attached hydrogen (secondary N) is 2. The fraction of sp³-hybridized carbons (Fsp3) is 0.429. The van der Waals surface area contributed by atoms with Crippen molar-refractivity contribution < 1.29 is 14.7 Å². The number of rotatable bonds is 6. The number of benzene rings is 1. The highest BCUT2D eigenvalue weighted by Crippen LogP contribution is 2.21. The maximum absolute atomic E-state index is 11.9. The van der Waals surface area contributed by atoms with Crippen LogP contribution in [0.2, 0.25) is 0 Å². The molecule has 6 nitrogen and oxygen atoms in total. The van der Waals surface area contributed by atoms with Crippen LogP contribution in [-0.4, -0.2) is 48.7 Å². The first kappa shape index (κ1) is 17.5. The van der Waals surface area contributed by atoms with Crippen molar-refractivity contribution in [1.82, 2.24) is 10.2 Å². The second-order valence-electron chi connectivity index (χ2n) is 5.09. The van der Waals surface area contributed by atoms with Crippen LogP contribution in [-0.2, 0) is 0 Å². The first-order valence-corrected chi connectivity index (χ1v) is 7.34. The molecule has 0 heterocycles. The molecule has 0 aromatic heterocycles. The lowest BCUT2D eigenvalue weighted by molar-refractivity contribution is 0.0698. The van der Waals surface area contributed by atoms with E-state index in [4.69, 9.17) is 5.11 Å². The number of anilines is 1. The van der Waals surface area contributed by atoms with Gasteiger partial charge < -0.3 is 20.6 Å². The van der Waals surface area contributed by atoms with E-state index >= 15 is 0 Å². The van der Waals surface area contributed by atoms with E-state index in [0.29, 0.717) is 4.47 Å². The zero-order valence-corrected chi connectivity index (χ0v) is 13.9. The Morgan fingerprint density at radius 2 is 2.05 bits per heavy atom. The predicted octanol–water partition coefficient (Wildman–Crippen LogP) is 2.61. The normalized spacial score (nSPS) is 12.0. The predicted molar refractivity (Wildman–Crippen MR) is 85.9 cm³/mol. The Hall–Kier alpha value is -1.60. The minimum absolute atomic E-state index is 0.00664. The van der Waals surface area contributed by atoms with Gasteiger partial charge in [0.2, 0.25) is 0 Å². The molecule has 0 saturated carbocycles. The third-order valence-corrected chi connectivity index (χ3v) is 3.34. The van der Waals surface area contributed by atoms with Crippen LogP contribution in [0.5, 0.6) is 0 Å². The van der Waals surface area contributed by atoms with Crippen molar-refractivity contribution in [1.29, 1.82) is 0 Å². The van der Waals surface area contributed by atoms with Gasteiger partial charge in [-0.1, -0.05) is 15.9 Å². The van der Waals surface area contributed by atoms with Gasteiger partial charge in [0, 0.05) is 10.5 Å². The van der Waals surface area contributed by atoms with E-state index in [0.717, 1.165) is 13.0 Å². The number of amides is 2. The number of carboxylic acid groups (broad SMARTS) is 1. The summed E-state index contributed by atoms with van der Waals surface area (Å²) in [4.78, 5) is 25.1. The first-order chi connectivity index (χ1) is 9.79. The van der Waals surface area contributed by atoms with Gasteiger partial charge in [0.05, 0.1) is 11.3 Å². The molecule has 0 fully saturated rings. The van der Waals surface area contributed by atoms with Crippen LogP contribution in [0, 0.1) is 0 Å². The Labute approximate surface area is 132 Å². The Balaban J connectivity index is 2.66.